The molecule has 0 aromatic heterocycles. The fourth-order valence-electron chi connectivity index (χ4n) is 4.68. The van der Waals surface area contributed by atoms with Gasteiger partial charge < -0.3 is 10.2 Å². The highest BCUT2D eigenvalue weighted by Crippen LogP contribution is 2.25. The maximum absolute atomic E-state index is 13.7. The van der Waals surface area contributed by atoms with Gasteiger partial charge in [-0.25, -0.2) is 4.39 Å². The van der Waals surface area contributed by atoms with Crippen molar-refractivity contribution in [3.63, 3.8) is 0 Å². The molecule has 200 valence electrons. The number of hydrogen-bond donors (Lipinski definition) is 1. The fourth-order valence-corrected chi connectivity index (χ4v) is 5.87. The maximum atomic E-state index is 13.7. The van der Waals surface area contributed by atoms with Crippen LogP contribution in [0.15, 0.2) is 72.8 Å². The van der Waals surface area contributed by atoms with Gasteiger partial charge in [0, 0.05) is 24.8 Å². The number of hydrogen-bond acceptors (Lipinski definition) is 3. The molecule has 38 heavy (non-hydrogen) atoms. The van der Waals surface area contributed by atoms with Crippen molar-refractivity contribution >= 4 is 46.8 Å². The number of rotatable bonds is 11. The molecular formula is C30H31Cl2FN2O2S. The molecule has 1 aliphatic carbocycles. The van der Waals surface area contributed by atoms with Crippen molar-refractivity contribution in [1.82, 2.24) is 10.2 Å². The van der Waals surface area contributed by atoms with Crippen molar-refractivity contribution < 1.29 is 14.0 Å². The Hall–Kier alpha value is -2.54. The van der Waals surface area contributed by atoms with Crippen LogP contribution in [0.4, 0.5) is 4.39 Å². The first-order valence-electron chi connectivity index (χ1n) is 12.8. The molecule has 3 aromatic rings. The molecule has 1 aliphatic rings. The Morgan fingerprint density at radius 2 is 1.61 bits per heavy atom. The molecular weight excluding hydrogens is 542 g/mol. The third kappa shape index (κ3) is 8.23. The van der Waals surface area contributed by atoms with Crippen molar-refractivity contribution in [2.24, 2.45) is 0 Å². The molecule has 4 nitrogen and oxygen atoms in total. The summed E-state index contributed by atoms with van der Waals surface area (Å²) < 4.78 is 13.3. The van der Waals surface area contributed by atoms with Crippen molar-refractivity contribution in [2.75, 3.05) is 5.75 Å². The predicted octanol–water partition coefficient (Wildman–Crippen LogP) is 7.06. The van der Waals surface area contributed by atoms with E-state index < -0.39 is 6.04 Å². The summed E-state index contributed by atoms with van der Waals surface area (Å²) in [5, 5.41) is 4.04. The van der Waals surface area contributed by atoms with E-state index in [4.69, 9.17) is 23.2 Å². The number of halogens is 3. The first kappa shape index (κ1) is 28.5. The zero-order chi connectivity index (χ0) is 26.9. The topological polar surface area (TPSA) is 49.4 Å². The van der Waals surface area contributed by atoms with Crippen molar-refractivity contribution in [3.05, 3.63) is 105 Å². The van der Waals surface area contributed by atoms with E-state index in [2.05, 4.69) is 5.32 Å². The Morgan fingerprint density at radius 3 is 2.29 bits per heavy atom. The second-order valence-corrected chi connectivity index (χ2v) is 11.4. The fraction of sp³-hybridized carbons (Fsp3) is 0.333. The maximum Gasteiger partial charge on any atom is 0.243 e. The number of carbonyl (C=O) groups excluding carboxylic acids is 2. The van der Waals surface area contributed by atoms with Gasteiger partial charge in [-0.2, -0.15) is 0 Å². The van der Waals surface area contributed by atoms with Crippen LogP contribution in [0.3, 0.4) is 0 Å². The average Bonchev–Trinajstić information content (AvgIpc) is 3.43. The highest BCUT2D eigenvalue weighted by molar-refractivity contribution is 7.99. The minimum absolute atomic E-state index is 0.135. The van der Waals surface area contributed by atoms with Gasteiger partial charge in [0.05, 0.1) is 15.8 Å². The van der Waals surface area contributed by atoms with Gasteiger partial charge in [-0.15, -0.1) is 11.8 Å². The molecule has 1 N–H and O–H groups in total. The van der Waals surface area contributed by atoms with Gasteiger partial charge >= 0.3 is 0 Å². The van der Waals surface area contributed by atoms with E-state index in [0.29, 0.717) is 22.2 Å². The minimum Gasteiger partial charge on any atom is -0.352 e. The highest BCUT2D eigenvalue weighted by Gasteiger charge is 2.32. The summed E-state index contributed by atoms with van der Waals surface area (Å²) in [7, 11) is 0. The minimum atomic E-state index is -0.689. The largest absolute Gasteiger partial charge is 0.352 e. The van der Waals surface area contributed by atoms with Gasteiger partial charge in [0.25, 0.3) is 0 Å². The number of thioether (sulfide) groups is 1. The Kier molecular flexibility index (Phi) is 10.5. The Balaban J connectivity index is 1.57. The number of nitrogens with zero attached hydrogens (tertiary/aromatic N) is 1. The van der Waals surface area contributed by atoms with Crippen molar-refractivity contribution in [3.8, 4) is 0 Å². The van der Waals surface area contributed by atoms with Crippen LogP contribution >= 0.6 is 35.0 Å². The monoisotopic (exact) mass is 572 g/mol. The number of carbonyl (C=O) groups is 2. The lowest BCUT2D eigenvalue weighted by Gasteiger charge is -2.32. The summed E-state index contributed by atoms with van der Waals surface area (Å²) in [4.78, 5) is 29.1. The summed E-state index contributed by atoms with van der Waals surface area (Å²) in [6, 6.07) is 20.7. The van der Waals surface area contributed by atoms with Gasteiger partial charge in [0.15, 0.2) is 0 Å². The van der Waals surface area contributed by atoms with Crippen LogP contribution in [0.1, 0.15) is 42.4 Å². The molecule has 0 aliphatic heterocycles. The standard InChI is InChI=1S/C30H31Cl2FN2O2S/c31-26-15-12-23(16-27(26)32)18-35(29(36)20-38-19-22-10-13-24(33)14-11-22)28(17-21-6-2-1-3-7-21)30(37)34-25-8-4-5-9-25/h1-3,6-7,10-16,25,28H,4-5,8-9,17-20H2,(H,34,37)/t28-/m1/s1. The lowest BCUT2D eigenvalue weighted by atomic mass is 10.0. The molecule has 0 spiro atoms. The summed E-state index contributed by atoms with van der Waals surface area (Å²) in [6.07, 6.45) is 4.51. The summed E-state index contributed by atoms with van der Waals surface area (Å²) in [5.74, 6) is 0.161. The molecule has 0 unspecified atom stereocenters. The molecule has 0 heterocycles. The SMILES string of the molecule is O=C(NC1CCCC1)[C@@H](Cc1ccccc1)N(Cc1ccc(Cl)c(Cl)c1)C(=O)CSCc1ccc(F)cc1. The summed E-state index contributed by atoms with van der Waals surface area (Å²) in [6.45, 7) is 0.225. The number of amides is 2. The molecule has 0 saturated heterocycles. The molecule has 1 saturated carbocycles. The van der Waals surface area contributed by atoms with E-state index in [9.17, 15) is 14.0 Å². The van der Waals surface area contributed by atoms with Crippen molar-refractivity contribution in [1.29, 1.82) is 0 Å². The van der Waals surface area contributed by atoms with E-state index in [1.54, 1.807) is 29.2 Å². The smallest absolute Gasteiger partial charge is 0.243 e. The summed E-state index contributed by atoms with van der Waals surface area (Å²) in [5.41, 5.74) is 2.70. The van der Waals surface area contributed by atoms with E-state index in [-0.39, 0.29) is 36.0 Å². The molecule has 8 heteroatoms. The summed E-state index contributed by atoms with van der Waals surface area (Å²) >= 11 is 13.8. The lowest BCUT2D eigenvalue weighted by Crippen LogP contribution is -2.52. The zero-order valence-corrected chi connectivity index (χ0v) is 23.4. The van der Waals surface area contributed by atoms with Gasteiger partial charge in [0.1, 0.15) is 11.9 Å². The molecule has 0 bridgehead atoms. The molecule has 3 aromatic carbocycles. The lowest BCUT2D eigenvalue weighted by molar-refractivity contribution is -0.139. The van der Waals surface area contributed by atoms with Crippen LogP contribution in [0.5, 0.6) is 0 Å². The average molecular weight is 574 g/mol. The van der Waals surface area contributed by atoms with E-state index in [1.807, 2.05) is 36.4 Å². The first-order chi connectivity index (χ1) is 18.4. The van der Waals surface area contributed by atoms with Gasteiger partial charge in [-0.3, -0.25) is 9.59 Å². The van der Waals surface area contributed by atoms with Crippen LogP contribution in [0.2, 0.25) is 10.0 Å². The quantitative estimate of drug-likeness (QED) is 0.267. The molecule has 1 atom stereocenters. The van der Waals surface area contributed by atoms with Crippen LogP contribution in [-0.2, 0) is 28.3 Å². The van der Waals surface area contributed by atoms with Gasteiger partial charge in [-0.05, 0) is 53.8 Å². The molecule has 4 rings (SSSR count). The van der Waals surface area contributed by atoms with E-state index in [1.165, 1.54) is 23.9 Å². The third-order valence-corrected chi connectivity index (χ3v) is 8.44. The highest BCUT2D eigenvalue weighted by atomic mass is 35.5. The Bertz CT molecular complexity index is 1220. The Morgan fingerprint density at radius 1 is 0.921 bits per heavy atom. The molecule has 2 amide bonds. The second-order valence-electron chi connectivity index (χ2n) is 9.58. The first-order valence-corrected chi connectivity index (χ1v) is 14.7. The second kappa shape index (κ2) is 14.0. The van der Waals surface area contributed by atoms with Crippen LogP contribution in [0, 0.1) is 5.82 Å². The zero-order valence-electron chi connectivity index (χ0n) is 21.0. The van der Waals surface area contributed by atoms with Crippen molar-refractivity contribution in [2.45, 2.75) is 56.5 Å². The third-order valence-electron chi connectivity index (χ3n) is 6.72. The molecule has 1 fully saturated rings. The van der Waals surface area contributed by atoms with Crippen LogP contribution in [-0.4, -0.2) is 34.6 Å². The Labute approximate surface area is 237 Å². The van der Waals surface area contributed by atoms with E-state index >= 15 is 0 Å². The molecule has 0 radical (unpaired) electrons. The van der Waals surface area contributed by atoms with Gasteiger partial charge in [0.2, 0.25) is 11.8 Å². The van der Waals surface area contributed by atoms with Crippen LogP contribution < -0.4 is 5.32 Å². The normalized spacial score (nSPS) is 14.3. The van der Waals surface area contributed by atoms with Gasteiger partial charge in [-0.1, -0.05) is 84.6 Å². The number of benzene rings is 3. The number of nitrogens with one attached hydrogen (secondary N) is 1. The van der Waals surface area contributed by atoms with E-state index in [0.717, 1.165) is 42.4 Å². The predicted molar refractivity (Wildman–Crippen MR) is 154 cm³/mol. The van der Waals surface area contributed by atoms with Crippen LogP contribution in [0.25, 0.3) is 0 Å².